The number of hydrogen-bond donors (Lipinski definition) is 1. The van der Waals surface area contributed by atoms with Crippen LogP contribution >= 0.6 is 11.6 Å². The van der Waals surface area contributed by atoms with Crippen LogP contribution in [0.2, 0.25) is 5.02 Å². The molecule has 7 heteroatoms. The number of amides is 3. The van der Waals surface area contributed by atoms with Gasteiger partial charge in [-0.3, -0.25) is 14.4 Å². The Morgan fingerprint density at radius 1 is 1.15 bits per heavy atom. The first-order chi connectivity index (χ1) is 13.0. The van der Waals surface area contributed by atoms with E-state index in [-0.39, 0.29) is 23.6 Å². The number of carbonyl (C=O) groups excluding carboxylic acids is 3. The maximum Gasteiger partial charge on any atom is 0.253 e. The minimum absolute atomic E-state index is 0.00338. The van der Waals surface area contributed by atoms with Crippen molar-refractivity contribution in [2.24, 2.45) is 5.92 Å². The zero-order valence-electron chi connectivity index (χ0n) is 15.5. The van der Waals surface area contributed by atoms with Crippen molar-refractivity contribution in [3.05, 3.63) is 34.9 Å². The summed E-state index contributed by atoms with van der Waals surface area (Å²) in [6, 6.07) is 6.84. The van der Waals surface area contributed by atoms with E-state index >= 15 is 0 Å². The maximum atomic E-state index is 12.6. The molecule has 27 heavy (non-hydrogen) atoms. The van der Waals surface area contributed by atoms with Crippen molar-refractivity contribution in [1.82, 2.24) is 15.1 Å². The summed E-state index contributed by atoms with van der Waals surface area (Å²) < 4.78 is 0. The third-order valence-corrected chi connectivity index (χ3v) is 5.50. The van der Waals surface area contributed by atoms with E-state index in [0.717, 1.165) is 32.2 Å². The Hall–Kier alpha value is -2.08. The van der Waals surface area contributed by atoms with Gasteiger partial charge in [-0.2, -0.15) is 0 Å². The number of halogens is 1. The summed E-state index contributed by atoms with van der Waals surface area (Å²) >= 11 is 5.88. The van der Waals surface area contributed by atoms with Crippen LogP contribution in [0.4, 0.5) is 0 Å². The van der Waals surface area contributed by atoms with Crippen LogP contribution in [0.15, 0.2) is 24.3 Å². The Labute approximate surface area is 164 Å². The van der Waals surface area contributed by atoms with Crippen LogP contribution in [0.25, 0.3) is 0 Å². The van der Waals surface area contributed by atoms with Gasteiger partial charge >= 0.3 is 0 Å². The molecule has 1 aromatic carbocycles. The molecular weight excluding hydrogens is 366 g/mol. The molecule has 6 nitrogen and oxygen atoms in total. The lowest BCUT2D eigenvalue weighted by Gasteiger charge is -2.32. The second-order valence-corrected chi connectivity index (χ2v) is 7.66. The highest BCUT2D eigenvalue weighted by Gasteiger charge is 2.28. The summed E-state index contributed by atoms with van der Waals surface area (Å²) in [4.78, 5) is 40.3. The fraction of sp³-hybridized carbons (Fsp3) is 0.550. The van der Waals surface area contributed by atoms with Gasteiger partial charge in [0.25, 0.3) is 5.91 Å². The minimum Gasteiger partial charge on any atom is -0.356 e. The van der Waals surface area contributed by atoms with Crippen molar-refractivity contribution in [3.63, 3.8) is 0 Å². The Kier molecular flexibility index (Phi) is 6.72. The number of likely N-dealkylation sites (tertiary alicyclic amines) is 2. The average Bonchev–Trinajstić information content (AvgIpc) is 3.10. The van der Waals surface area contributed by atoms with Crippen molar-refractivity contribution in [1.29, 1.82) is 0 Å². The number of nitrogens with one attached hydrogen (secondary N) is 1. The van der Waals surface area contributed by atoms with Crippen molar-refractivity contribution in [2.45, 2.75) is 32.1 Å². The summed E-state index contributed by atoms with van der Waals surface area (Å²) in [5, 5.41) is 3.56. The molecule has 1 atom stereocenters. The summed E-state index contributed by atoms with van der Waals surface area (Å²) in [6.45, 7) is 3.20. The van der Waals surface area contributed by atoms with Crippen LogP contribution in [0.1, 0.15) is 42.5 Å². The average molecular weight is 392 g/mol. The third-order valence-electron chi connectivity index (χ3n) is 5.25. The minimum atomic E-state index is -0.177. The first-order valence-corrected chi connectivity index (χ1v) is 10.0. The van der Waals surface area contributed by atoms with E-state index in [1.165, 1.54) is 0 Å². The molecule has 146 valence electrons. The van der Waals surface area contributed by atoms with Crippen molar-refractivity contribution in [3.8, 4) is 0 Å². The highest BCUT2D eigenvalue weighted by atomic mass is 35.5. The lowest BCUT2D eigenvalue weighted by atomic mass is 9.96. The van der Waals surface area contributed by atoms with Crippen molar-refractivity contribution >= 4 is 29.3 Å². The first-order valence-electron chi connectivity index (χ1n) is 9.65. The molecule has 1 aromatic rings. The van der Waals surface area contributed by atoms with Gasteiger partial charge in [0, 0.05) is 49.7 Å². The van der Waals surface area contributed by atoms with Crippen LogP contribution in [-0.4, -0.2) is 60.2 Å². The maximum absolute atomic E-state index is 12.6. The molecule has 0 aliphatic carbocycles. The third kappa shape index (κ3) is 5.22. The van der Waals surface area contributed by atoms with E-state index in [2.05, 4.69) is 5.32 Å². The second kappa shape index (κ2) is 9.22. The summed E-state index contributed by atoms with van der Waals surface area (Å²) in [5.74, 6) is -0.0264. The van der Waals surface area contributed by atoms with Gasteiger partial charge in [-0.25, -0.2) is 0 Å². The number of benzene rings is 1. The predicted octanol–water partition coefficient (Wildman–Crippen LogP) is 2.32. The first kappa shape index (κ1) is 19.7. The van der Waals surface area contributed by atoms with Crippen LogP contribution in [0, 0.1) is 5.92 Å². The molecule has 0 aromatic heterocycles. The lowest BCUT2D eigenvalue weighted by Crippen LogP contribution is -2.45. The number of hydrogen-bond acceptors (Lipinski definition) is 3. The van der Waals surface area contributed by atoms with E-state index < -0.39 is 0 Å². The zero-order chi connectivity index (χ0) is 19.2. The monoisotopic (exact) mass is 391 g/mol. The molecule has 0 saturated carbocycles. The number of piperidine rings is 1. The molecule has 0 spiro atoms. The quantitative estimate of drug-likeness (QED) is 0.756. The van der Waals surface area contributed by atoms with Crippen molar-refractivity contribution in [2.75, 3.05) is 32.7 Å². The van der Waals surface area contributed by atoms with Crippen LogP contribution in [0.5, 0.6) is 0 Å². The Morgan fingerprint density at radius 2 is 1.93 bits per heavy atom. The molecular formula is C20H26ClN3O3. The number of carbonyl (C=O) groups is 3. The molecule has 0 bridgehead atoms. The van der Waals surface area contributed by atoms with E-state index in [4.69, 9.17) is 11.6 Å². The normalized spacial score (nSPS) is 20.0. The Morgan fingerprint density at radius 3 is 2.63 bits per heavy atom. The van der Waals surface area contributed by atoms with Gasteiger partial charge in [-0.05, 0) is 49.9 Å². The van der Waals surface area contributed by atoms with Gasteiger partial charge < -0.3 is 15.1 Å². The largest absolute Gasteiger partial charge is 0.356 e. The smallest absolute Gasteiger partial charge is 0.253 e. The Bertz CT molecular complexity index is 692. The number of nitrogens with zero attached hydrogens (tertiary/aromatic N) is 2. The topological polar surface area (TPSA) is 69.7 Å². The molecule has 0 radical (unpaired) electrons. The van der Waals surface area contributed by atoms with E-state index in [9.17, 15) is 14.4 Å². The lowest BCUT2D eigenvalue weighted by molar-refractivity contribution is -0.127. The van der Waals surface area contributed by atoms with Crippen molar-refractivity contribution < 1.29 is 14.4 Å². The predicted molar refractivity (Wildman–Crippen MR) is 104 cm³/mol. The van der Waals surface area contributed by atoms with E-state index in [0.29, 0.717) is 43.2 Å². The molecule has 3 amide bonds. The summed E-state index contributed by atoms with van der Waals surface area (Å²) in [7, 11) is 0. The highest BCUT2D eigenvalue weighted by Crippen LogP contribution is 2.20. The molecule has 2 fully saturated rings. The molecule has 2 aliphatic rings. The van der Waals surface area contributed by atoms with Crippen LogP contribution in [0.3, 0.4) is 0 Å². The van der Waals surface area contributed by atoms with Gasteiger partial charge in [0.05, 0.1) is 5.92 Å². The van der Waals surface area contributed by atoms with Gasteiger partial charge in [0.1, 0.15) is 0 Å². The molecule has 1 N–H and O–H groups in total. The molecule has 2 aliphatic heterocycles. The second-order valence-electron chi connectivity index (χ2n) is 7.23. The van der Waals surface area contributed by atoms with Crippen LogP contribution in [-0.2, 0) is 9.59 Å². The number of rotatable bonds is 6. The summed E-state index contributed by atoms with van der Waals surface area (Å²) in [5.41, 5.74) is 0.593. The fourth-order valence-corrected chi connectivity index (χ4v) is 3.84. The van der Waals surface area contributed by atoms with E-state index in [1.54, 1.807) is 29.2 Å². The molecule has 2 saturated heterocycles. The zero-order valence-corrected chi connectivity index (χ0v) is 16.2. The van der Waals surface area contributed by atoms with Gasteiger partial charge in [-0.15, -0.1) is 0 Å². The Balaban J connectivity index is 1.44. The molecule has 2 heterocycles. The highest BCUT2D eigenvalue weighted by molar-refractivity contribution is 6.30. The van der Waals surface area contributed by atoms with Gasteiger partial charge in [0.15, 0.2) is 0 Å². The standard InChI is InChI=1S/C20H26ClN3O3/c21-17-8-6-15(7-9-17)20(27)24-12-1-4-16(14-24)19(26)22-10-3-13-23-11-2-5-18(23)25/h6-9,16H,1-5,10-14H2,(H,22,26). The van der Waals surface area contributed by atoms with Gasteiger partial charge in [0.2, 0.25) is 11.8 Å². The van der Waals surface area contributed by atoms with E-state index in [1.807, 2.05) is 4.90 Å². The van der Waals surface area contributed by atoms with Gasteiger partial charge in [-0.1, -0.05) is 11.6 Å². The molecule has 1 unspecified atom stereocenters. The molecule has 3 rings (SSSR count). The fourth-order valence-electron chi connectivity index (χ4n) is 3.72. The van der Waals surface area contributed by atoms with Crippen LogP contribution < -0.4 is 5.32 Å². The SMILES string of the molecule is O=C(NCCCN1CCCC1=O)C1CCCN(C(=O)c2ccc(Cl)cc2)C1. The summed E-state index contributed by atoms with van der Waals surface area (Å²) in [6.07, 6.45) is 3.95.